The molecule has 1 rings (SSSR count). The van der Waals surface area contributed by atoms with Crippen LogP contribution in [-0.2, 0) is 15.0 Å². The van der Waals surface area contributed by atoms with Crippen molar-refractivity contribution in [3.05, 3.63) is 0 Å². The highest BCUT2D eigenvalue weighted by Gasteiger charge is 2.35. The minimum Gasteiger partial charge on any atom is -0.481 e. The van der Waals surface area contributed by atoms with Crippen LogP contribution >= 0.6 is 0 Å². The third kappa shape index (κ3) is 4.41. The fraction of sp³-hybridized carbons (Fsp3) is 0.917. The zero-order valence-electron chi connectivity index (χ0n) is 12.0. The molecule has 0 aliphatic carbocycles. The number of aliphatic hydroxyl groups excluding tert-OH is 1. The monoisotopic (exact) mass is 308 g/mol. The number of hydrogen-bond donors (Lipinski definition) is 3. The topological polar surface area (TPSA) is 107 Å². The molecule has 0 radical (unpaired) electrons. The third-order valence-corrected chi connectivity index (χ3v) is 5.76. The van der Waals surface area contributed by atoms with Gasteiger partial charge in [0, 0.05) is 25.2 Å². The predicted molar refractivity (Wildman–Crippen MR) is 74.4 cm³/mol. The minimum atomic E-state index is -3.65. The van der Waals surface area contributed by atoms with Crippen molar-refractivity contribution in [2.45, 2.75) is 45.1 Å². The van der Waals surface area contributed by atoms with Gasteiger partial charge >= 0.3 is 5.97 Å². The Morgan fingerprint density at radius 2 is 1.95 bits per heavy atom. The molecule has 0 spiro atoms. The number of nitrogens with zero attached hydrogens (tertiary/aromatic N) is 1. The van der Waals surface area contributed by atoms with Crippen LogP contribution in [0.25, 0.3) is 0 Å². The van der Waals surface area contributed by atoms with E-state index < -0.39 is 27.6 Å². The van der Waals surface area contributed by atoms with E-state index in [1.165, 1.54) is 4.31 Å². The van der Waals surface area contributed by atoms with Gasteiger partial charge in [0.2, 0.25) is 0 Å². The van der Waals surface area contributed by atoms with E-state index >= 15 is 0 Å². The van der Waals surface area contributed by atoms with Crippen LogP contribution in [-0.4, -0.2) is 54.1 Å². The first kappa shape index (κ1) is 17.4. The van der Waals surface area contributed by atoms with Crippen LogP contribution in [0.15, 0.2) is 0 Å². The molecule has 0 saturated carbocycles. The van der Waals surface area contributed by atoms with Crippen LogP contribution in [0.4, 0.5) is 0 Å². The lowest BCUT2D eigenvalue weighted by atomic mass is 9.97. The van der Waals surface area contributed by atoms with Crippen molar-refractivity contribution in [3.63, 3.8) is 0 Å². The second-order valence-corrected chi connectivity index (χ2v) is 7.18. The van der Waals surface area contributed by atoms with Crippen molar-refractivity contribution < 1.29 is 23.4 Å². The van der Waals surface area contributed by atoms with E-state index in [1.807, 2.05) is 6.92 Å². The molecule has 7 nitrogen and oxygen atoms in total. The Balaban J connectivity index is 2.68. The van der Waals surface area contributed by atoms with Crippen LogP contribution in [0.2, 0.25) is 0 Å². The molecule has 1 heterocycles. The molecule has 0 aromatic heterocycles. The molecule has 8 heteroatoms. The Morgan fingerprint density at radius 1 is 1.40 bits per heavy atom. The average Bonchev–Trinajstić information content (AvgIpc) is 2.38. The molecule has 1 aliphatic heterocycles. The summed E-state index contributed by atoms with van der Waals surface area (Å²) in [4.78, 5) is 10.9. The molecule has 0 bridgehead atoms. The highest BCUT2D eigenvalue weighted by molar-refractivity contribution is 7.87. The summed E-state index contributed by atoms with van der Waals surface area (Å²) in [5, 5.41) is 17.9. The molecule has 1 fully saturated rings. The number of aliphatic carboxylic acids is 1. The Hall–Kier alpha value is -0.700. The fourth-order valence-electron chi connectivity index (χ4n) is 2.27. The van der Waals surface area contributed by atoms with Crippen LogP contribution in [0.3, 0.4) is 0 Å². The fourth-order valence-corrected chi connectivity index (χ4v) is 3.96. The maximum atomic E-state index is 12.3. The van der Waals surface area contributed by atoms with E-state index in [-0.39, 0.29) is 19.7 Å². The second kappa shape index (κ2) is 6.84. The largest absolute Gasteiger partial charge is 0.481 e. The Labute approximate surface area is 120 Å². The maximum absolute atomic E-state index is 12.3. The van der Waals surface area contributed by atoms with Crippen molar-refractivity contribution in [2.75, 3.05) is 19.7 Å². The molecule has 0 aromatic rings. The van der Waals surface area contributed by atoms with Gasteiger partial charge in [0.1, 0.15) is 0 Å². The maximum Gasteiger partial charge on any atom is 0.306 e. The average molecular weight is 308 g/mol. The number of nitrogens with one attached hydrogen (secondary N) is 1. The van der Waals surface area contributed by atoms with Crippen molar-refractivity contribution in [1.82, 2.24) is 9.03 Å². The summed E-state index contributed by atoms with van der Waals surface area (Å²) in [6, 6.07) is 0. The van der Waals surface area contributed by atoms with Gasteiger partial charge < -0.3 is 10.2 Å². The quantitative estimate of drug-likeness (QED) is 0.621. The standard InChI is InChI=1S/C12H24N2O5S/c1-3-12(2,6-9-15)13-20(18,19)14-7-4-10(5-8-14)11(16)17/h10,13,15H,3-9H2,1-2H3,(H,16,17). The molecular weight excluding hydrogens is 284 g/mol. The second-order valence-electron chi connectivity index (χ2n) is 5.51. The molecular formula is C12H24N2O5S. The summed E-state index contributed by atoms with van der Waals surface area (Å²) in [6.07, 6.45) is 1.57. The lowest BCUT2D eigenvalue weighted by molar-refractivity contribution is -0.142. The Morgan fingerprint density at radius 3 is 2.35 bits per heavy atom. The molecule has 0 aromatic carbocycles. The SMILES string of the molecule is CCC(C)(CCO)NS(=O)(=O)N1CCC(C(=O)O)CC1. The van der Waals surface area contributed by atoms with Crippen LogP contribution in [0, 0.1) is 5.92 Å². The van der Waals surface area contributed by atoms with Gasteiger partial charge in [0.05, 0.1) is 5.92 Å². The summed E-state index contributed by atoms with van der Waals surface area (Å²) in [5.41, 5.74) is -0.683. The van der Waals surface area contributed by atoms with E-state index in [1.54, 1.807) is 6.92 Å². The Kier molecular flexibility index (Phi) is 5.93. The van der Waals surface area contributed by atoms with Gasteiger partial charge in [-0.05, 0) is 32.6 Å². The highest BCUT2D eigenvalue weighted by atomic mass is 32.2. The number of carboxylic acids is 1. The first-order valence-electron chi connectivity index (χ1n) is 6.87. The van der Waals surface area contributed by atoms with Gasteiger partial charge in [-0.2, -0.15) is 17.4 Å². The van der Waals surface area contributed by atoms with E-state index in [2.05, 4.69) is 4.72 Å². The van der Waals surface area contributed by atoms with Crippen molar-refractivity contribution in [2.24, 2.45) is 5.92 Å². The van der Waals surface area contributed by atoms with Gasteiger partial charge in [0.25, 0.3) is 10.2 Å². The summed E-state index contributed by atoms with van der Waals surface area (Å²) in [5.74, 6) is -1.33. The summed E-state index contributed by atoms with van der Waals surface area (Å²) in [7, 11) is -3.65. The van der Waals surface area contributed by atoms with Crippen molar-refractivity contribution in [1.29, 1.82) is 0 Å². The molecule has 1 unspecified atom stereocenters. The first-order chi connectivity index (χ1) is 9.24. The molecule has 3 N–H and O–H groups in total. The van der Waals surface area contributed by atoms with Crippen molar-refractivity contribution >= 4 is 16.2 Å². The van der Waals surface area contributed by atoms with Crippen LogP contribution in [0.1, 0.15) is 39.5 Å². The zero-order valence-corrected chi connectivity index (χ0v) is 12.8. The lowest BCUT2D eigenvalue weighted by Gasteiger charge is -2.34. The van der Waals surface area contributed by atoms with E-state index in [0.717, 1.165) is 0 Å². The first-order valence-corrected chi connectivity index (χ1v) is 8.31. The summed E-state index contributed by atoms with van der Waals surface area (Å²) in [6.45, 7) is 3.95. The number of carboxylic acid groups (broad SMARTS) is 1. The number of aliphatic hydroxyl groups is 1. The Bertz CT molecular complexity index is 431. The smallest absolute Gasteiger partial charge is 0.306 e. The third-order valence-electron chi connectivity index (χ3n) is 3.96. The number of piperidine rings is 1. The van der Waals surface area contributed by atoms with Gasteiger partial charge in [-0.3, -0.25) is 4.79 Å². The van der Waals surface area contributed by atoms with E-state index in [9.17, 15) is 13.2 Å². The van der Waals surface area contributed by atoms with Gasteiger partial charge in [-0.1, -0.05) is 6.92 Å². The van der Waals surface area contributed by atoms with Gasteiger partial charge in [0.15, 0.2) is 0 Å². The lowest BCUT2D eigenvalue weighted by Crippen LogP contribution is -2.53. The minimum absolute atomic E-state index is 0.0893. The number of hydrogen-bond acceptors (Lipinski definition) is 4. The molecule has 1 aliphatic rings. The molecule has 20 heavy (non-hydrogen) atoms. The predicted octanol–water partition coefficient (Wildman–Crippen LogP) is 0.169. The summed E-state index contributed by atoms with van der Waals surface area (Å²) < 4.78 is 28.5. The summed E-state index contributed by atoms with van der Waals surface area (Å²) >= 11 is 0. The van der Waals surface area contributed by atoms with Gasteiger partial charge in [-0.25, -0.2) is 0 Å². The molecule has 1 atom stereocenters. The van der Waals surface area contributed by atoms with E-state index in [4.69, 9.17) is 10.2 Å². The van der Waals surface area contributed by atoms with Crippen LogP contribution in [0.5, 0.6) is 0 Å². The molecule has 1 saturated heterocycles. The van der Waals surface area contributed by atoms with E-state index in [0.29, 0.717) is 25.7 Å². The number of rotatable bonds is 7. The normalized spacial score (nSPS) is 21.6. The highest BCUT2D eigenvalue weighted by Crippen LogP contribution is 2.22. The van der Waals surface area contributed by atoms with Crippen LogP contribution < -0.4 is 4.72 Å². The number of carbonyl (C=O) groups is 1. The van der Waals surface area contributed by atoms with Gasteiger partial charge in [-0.15, -0.1) is 0 Å². The van der Waals surface area contributed by atoms with Crippen molar-refractivity contribution in [3.8, 4) is 0 Å². The molecule has 0 amide bonds. The zero-order chi connectivity index (χ0) is 15.4. The molecule has 118 valence electrons.